The quantitative estimate of drug-likeness (QED) is 0.175. The minimum atomic E-state index is 0.241. The lowest BCUT2D eigenvalue weighted by Gasteiger charge is -2.25. The van der Waals surface area contributed by atoms with E-state index < -0.39 is 0 Å². The van der Waals surface area contributed by atoms with Gasteiger partial charge in [-0.3, -0.25) is 4.79 Å². The van der Waals surface area contributed by atoms with Crippen LogP contribution < -0.4 is 0 Å². The number of hydrogen-bond donors (Lipinski definition) is 0. The van der Waals surface area contributed by atoms with Crippen molar-refractivity contribution in [2.45, 2.75) is 105 Å². The molecule has 0 bridgehead atoms. The van der Waals surface area contributed by atoms with Gasteiger partial charge in [-0.2, -0.15) is 0 Å². The maximum atomic E-state index is 11.5. The Bertz CT molecular complexity index is 509. The molecule has 160 valence electrons. The van der Waals surface area contributed by atoms with E-state index in [1.165, 1.54) is 43.2 Å². The van der Waals surface area contributed by atoms with Gasteiger partial charge in [-0.05, 0) is 43.2 Å². The zero-order valence-electron chi connectivity index (χ0n) is 19.3. The zero-order valence-corrected chi connectivity index (χ0v) is 19.3. The van der Waals surface area contributed by atoms with Crippen LogP contribution in [-0.4, -0.2) is 23.9 Å². The van der Waals surface area contributed by atoms with Gasteiger partial charge in [0.05, 0.1) is 0 Å². The third-order valence-electron chi connectivity index (χ3n) is 4.99. The number of carbonyl (C=O) groups is 1. The molecule has 2 nitrogen and oxygen atoms in total. The lowest BCUT2D eigenvalue weighted by Crippen LogP contribution is -2.33. The second-order valence-corrected chi connectivity index (χ2v) is 7.27. The zero-order chi connectivity index (χ0) is 21.0. The van der Waals surface area contributed by atoms with Crippen molar-refractivity contribution in [1.82, 2.24) is 4.90 Å². The fourth-order valence-electron chi connectivity index (χ4n) is 3.41. The average Bonchev–Trinajstić information content (AvgIpc) is 2.73. The van der Waals surface area contributed by atoms with E-state index in [-0.39, 0.29) is 6.04 Å². The Balaban J connectivity index is 0.00000352. The van der Waals surface area contributed by atoms with Crippen LogP contribution in [0.15, 0.2) is 36.4 Å². The topological polar surface area (TPSA) is 20.3 Å². The van der Waals surface area contributed by atoms with Gasteiger partial charge in [-0.25, -0.2) is 0 Å². The van der Waals surface area contributed by atoms with Crippen molar-refractivity contribution in [3.05, 3.63) is 47.5 Å². The van der Waals surface area contributed by atoms with E-state index in [2.05, 4.69) is 57.2 Å². The summed E-state index contributed by atoms with van der Waals surface area (Å²) in [5.41, 5.74) is 2.85. The summed E-state index contributed by atoms with van der Waals surface area (Å²) < 4.78 is 0. The Morgan fingerprint density at radius 3 is 2.21 bits per heavy atom. The highest BCUT2D eigenvalue weighted by atomic mass is 16.1. The summed E-state index contributed by atoms with van der Waals surface area (Å²) in [6.45, 7) is 11.5. The number of unbranched alkanes of at least 4 members (excludes halogenated alkanes) is 4. The molecule has 0 aliphatic carbocycles. The molecule has 0 aromatic heterocycles. The van der Waals surface area contributed by atoms with Gasteiger partial charge in [0.1, 0.15) is 0 Å². The van der Waals surface area contributed by atoms with Crippen LogP contribution in [-0.2, 0) is 17.6 Å². The first-order valence-electron chi connectivity index (χ1n) is 11.7. The molecule has 1 amide bonds. The number of nitrogens with zero attached hydrogens (tertiary/aromatic N) is 1. The molecular weight excluding hydrogens is 342 g/mol. The van der Waals surface area contributed by atoms with E-state index in [1.807, 2.05) is 18.7 Å². The smallest absolute Gasteiger partial charge is 0.210 e. The monoisotopic (exact) mass is 387 g/mol. The highest BCUT2D eigenvalue weighted by Gasteiger charge is 2.11. The van der Waals surface area contributed by atoms with Crippen molar-refractivity contribution in [2.24, 2.45) is 0 Å². The van der Waals surface area contributed by atoms with Gasteiger partial charge >= 0.3 is 0 Å². The number of carbonyl (C=O) groups excluding carboxylic acids is 1. The Kier molecular flexibility index (Phi) is 17.7. The highest BCUT2D eigenvalue weighted by molar-refractivity contribution is 5.48. The molecule has 0 radical (unpaired) electrons. The summed E-state index contributed by atoms with van der Waals surface area (Å²) in [5.74, 6) is 0. The molecule has 0 aliphatic heterocycles. The van der Waals surface area contributed by atoms with Crippen LogP contribution in [0.1, 0.15) is 97.1 Å². The molecule has 0 N–H and O–H groups in total. The summed E-state index contributed by atoms with van der Waals surface area (Å²) in [5, 5.41) is 0. The molecule has 0 heterocycles. The van der Waals surface area contributed by atoms with E-state index in [0.717, 1.165) is 45.1 Å². The van der Waals surface area contributed by atoms with Crippen molar-refractivity contribution in [1.29, 1.82) is 0 Å². The number of allylic oxidation sites excluding steroid dienone is 1. The minimum absolute atomic E-state index is 0.241. The molecule has 1 aromatic carbocycles. The van der Waals surface area contributed by atoms with E-state index in [4.69, 9.17) is 0 Å². The van der Waals surface area contributed by atoms with Crippen LogP contribution in [0.4, 0.5) is 0 Å². The fraction of sp³-hybridized carbons (Fsp3) is 0.654. The summed E-state index contributed by atoms with van der Waals surface area (Å²) in [6, 6.07) is 9.19. The Morgan fingerprint density at radius 1 is 0.929 bits per heavy atom. The average molecular weight is 388 g/mol. The van der Waals surface area contributed by atoms with Crippen LogP contribution in [0.2, 0.25) is 0 Å². The predicted molar refractivity (Wildman–Crippen MR) is 125 cm³/mol. The summed E-state index contributed by atoms with van der Waals surface area (Å²) in [7, 11) is 0. The largest absolute Gasteiger partial charge is 0.339 e. The number of amides is 1. The van der Waals surface area contributed by atoms with Gasteiger partial charge < -0.3 is 4.90 Å². The van der Waals surface area contributed by atoms with Gasteiger partial charge in [0.25, 0.3) is 0 Å². The van der Waals surface area contributed by atoms with E-state index in [1.54, 1.807) is 0 Å². The molecule has 0 saturated heterocycles. The van der Waals surface area contributed by atoms with Crippen molar-refractivity contribution >= 4 is 6.41 Å². The molecule has 0 spiro atoms. The van der Waals surface area contributed by atoms with E-state index >= 15 is 0 Å². The summed E-state index contributed by atoms with van der Waals surface area (Å²) in [6.07, 6.45) is 17.2. The second kappa shape index (κ2) is 18.8. The summed E-state index contributed by atoms with van der Waals surface area (Å²) >= 11 is 0. The third-order valence-corrected chi connectivity index (χ3v) is 4.99. The number of aryl methyl sites for hydroxylation is 2. The van der Waals surface area contributed by atoms with Crippen LogP contribution >= 0.6 is 0 Å². The maximum Gasteiger partial charge on any atom is 0.210 e. The van der Waals surface area contributed by atoms with Crippen LogP contribution in [0.25, 0.3) is 0 Å². The second-order valence-electron chi connectivity index (χ2n) is 7.27. The van der Waals surface area contributed by atoms with Crippen LogP contribution in [0, 0.1) is 0 Å². The first-order chi connectivity index (χ1) is 13.7. The van der Waals surface area contributed by atoms with Crippen molar-refractivity contribution in [2.75, 3.05) is 6.54 Å². The fourth-order valence-corrected chi connectivity index (χ4v) is 3.41. The van der Waals surface area contributed by atoms with Crippen molar-refractivity contribution < 1.29 is 4.79 Å². The molecule has 1 atom stereocenters. The standard InChI is InChI=1S/C24H39NO.C2H6/c1-4-7-8-9-12-19-25(21-26)24(6-3)18-11-10-15-23-17-13-16-22(20-23)14-5-2;1-2/h11,13,16-18,20-21,24H,4-10,12,14-15,19H2,1-3H3;1-2H3/b18-11+;. The third kappa shape index (κ3) is 12.0. The SMILES string of the molecule is CC.CCCCCCCN(C=O)C(/C=C/CCc1cccc(CCC)c1)CC. The van der Waals surface area contributed by atoms with E-state index in [0.29, 0.717) is 0 Å². The number of hydrogen-bond acceptors (Lipinski definition) is 1. The molecule has 28 heavy (non-hydrogen) atoms. The maximum absolute atomic E-state index is 11.5. The molecule has 0 saturated carbocycles. The molecule has 1 rings (SSSR count). The molecule has 1 unspecified atom stereocenters. The molecular formula is C26H45NO. The predicted octanol–water partition coefficient (Wildman–Crippen LogP) is 7.36. The van der Waals surface area contributed by atoms with E-state index in [9.17, 15) is 4.79 Å². The Hall–Kier alpha value is -1.57. The lowest BCUT2D eigenvalue weighted by atomic mass is 10.0. The van der Waals surface area contributed by atoms with Crippen molar-refractivity contribution in [3.8, 4) is 0 Å². The van der Waals surface area contributed by atoms with Gasteiger partial charge in [0, 0.05) is 12.6 Å². The van der Waals surface area contributed by atoms with Crippen LogP contribution in [0.3, 0.4) is 0 Å². The first kappa shape index (κ1) is 26.4. The molecule has 2 heteroatoms. The van der Waals surface area contributed by atoms with Gasteiger partial charge in [0.2, 0.25) is 6.41 Å². The van der Waals surface area contributed by atoms with Crippen molar-refractivity contribution in [3.63, 3.8) is 0 Å². The Morgan fingerprint density at radius 2 is 1.61 bits per heavy atom. The first-order valence-corrected chi connectivity index (χ1v) is 11.7. The lowest BCUT2D eigenvalue weighted by molar-refractivity contribution is -0.119. The Labute approximate surface area is 175 Å². The van der Waals surface area contributed by atoms with Gasteiger partial charge in [0.15, 0.2) is 0 Å². The van der Waals surface area contributed by atoms with Crippen LogP contribution in [0.5, 0.6) is 0 Å². The minimum Gasteiger partial charge on any atom is -0.339 e. The summed E-state index contributed by atoms with van der Waals surface area (Å²) in [4.78, 5) is 13.4. The molecule has 0 fully saturated rings. The normalized spacial score (nSPS) is 11.8. The molecule has 1 aromatic rings. The molecule has 0 aliphatic rings. The number of benzene rings is 1. The number of rotatable bonds is 15. The highest BCUT2D eigenvalue weighted by Crippen LogP contribution is 2.12. The van der Waals surface area contributed by atoms with Gasteiger partial charge in [-0.1, -0.05) is 103 Å². The van der Waals surface area contributed by atoms with Gasteiger partial charge in [-0.15, -0.1) is 0 Å².